The number of hydrogen-bond acceptors (Lipinski definition) is 7. The van der Waals surface area contributed by atoms with Crippen LogP contribution in [0.1, 0.15) is 37.3 Å². The van der Waals surface area contributed by atoms with E-state index in [-0.39, 0.29) is 43.6 Å². The Labute approximate surface area is 222 Å². The Morgan fingerprint density at radius 2 is 2.00 bits per heavy atom. The first-order chi connectivity index (χ1) is 18.7. The predicted molar refractivity (Wildman–Crippen MR) is 135 cm³/mol. The van der Waals surface area contributed by atoms with Crippen molar-refractivity contribution in [2.24, 2.45) is 0 Å². The molecule has 1 aromatic carbocycles. The van der Waals surface area contributed by atoms with E-state index in [0.717, 1.165) is 29.5 Å². The number of anilines is 2. The molecule has 1 aliphatic heterocycles. The lowest BCUT2D eigenvalue weighted by Crippen LogP contribution is -2.36. The molecule has 1 saturated carbocycles. The Balaban J connectivity index is 1.25. The third-order valence-corrected chi connectivity index (χ3v) is 7.78. The van der Waals surface area contributed by atoms with Crippen LogP contribution in [0, 0.1) is 11.6 Å². The standard InChI is InChI=1S/C25H21F4N7O2S/c26-13-1-2-18(27)17(7-13)19-8-15(37)11-36(19)22-16-4-6-35(21(16)31-12-32-22)24-30-10-20(39-24)34-23(38)33-14-3-5-25(28,29)9-14/h1-2,4,6-7,10,12,14,19H,3,5,8-9,11H2,(H2,33,34,38). The summed E-state index contributed by atoms with van der Waals surface area (Å²) in [7, 11) is 0. The summed E-state index contributed by atoms with van der Waals surface area (Å²) in [6.45, 7) is -0.0225. The molecule has 0 radical (unpaired) electrons. The number of Topliss-reactive ketones (excluding diaryl/α,β-unsaturated/α-hetero) is 1. The van der Waals surface area contributed by atoms with Crippen molar-refractivity contribution in [3.63, 3.8) is 0 Å². The van der Waals surface area contributed by atoms with Gasteiger partial charge in [0, 0.05) is 37.1 Å². The second-order valence-electron chi connectivity index (χ2n) is 9.57. The van der Waals surface area contributed by atoms with Crippen molar-refractivity contribution in [3.8, 4) is 5.13 Å². The van der Waals surface area contributed by atoms with Gasteiger partial charge < -0.3 is 10.2 Å². The minimum atomic E-state index is -2.76. The van der Waals surface area contributed by atoms with Crippen LogP contribution < -0.4 is 15.5 Å². The van der Waals surface area contributed by atoms with E-state index in [2.05, 4.69) is 25.6 Å². The van der Waals surface area contributed by atoms with Crippen molar-refractivity contribution >= 4 is 45.0 Å². The summed E-state index contributed by atoms with van der Waals surface area (Å²) in [6.07, 6.45) is 4.03. The zero-order valence-electron chi connectivity index (χ0n) is 20.2. The van der Waals surface area contributed by atoms with Crippen molar-refractivity contribution < 1.29 is 27.2 Å². The van der Waals surface area contributed by atoms with E-state index < -0.39 is 35.7 Å². The van der Waals surface area contributed by atoms with E-state index in [4.69, 9.17) is 0 Å². The molecule has 39 heavy (non-hydrogen) atoms. The predicted octanol–water partition coefficient (Wildman–Crippen LogP) is 4.99. The van der Waals surface area contributed by atoms with E-state index in [1.54, 1.807) is 21.7 Å². The van der Waals surface area contributed by atoms with Crippen LogP contribution in [-0.4, -0.2) is 49.8 Å². The number of carbonyl (C=O) groups is 2. The first-order valence-corrected chi connectivity index (χ1v) is 13.0. The monoisotopic (exact) mass is 559 g/mol. The molecule has 1 saturated heterocycles. The van der Waals surface area contributed by atoms with Gasteiger partial charge in [-0.15, -0.1) is 0 Å². The average Bonchev–Trinajstić information content (AvgIpc) is 3.66. The number of urea groups is 1. The fourth-order valence-corrected chi connectivity index (χ4v) is 5.92. The molecule has 2 aliphatic rings. The normalized spacial score (nSPS) is 20.6. The van der Waals surface area contributed by atoms with Gasteiger partial charge in [0.15, 0.2) is 16.6 Å². The van der Waals surface area contributed by atoms with Gasteiger partial charge in [0.25, 0.3) is 0 Å². The molecule has 4 heterocycles. The molecular weight excluding hydrogens is 538 g/mol. The summed E-state index contributed by atoms with van der Waals surface area (Å²) < 4.78 is 57.0. The number of thiazole rings is 1. The van der Waals surface area contributed by atoms with Crippen molar-refractivity contribution in [3.05, 3.63) is 60.2 Å². The first-order valence-electron chi connectivity index (χ1n) is 12.1. The third-order valence-electron chi connectivity index (χ3n) is 6.87. The maximum absolute atomic E-state index is 14.6. The van der Waals surface area contributed by atoms with E-state index in [9.17, 15) is 27.2 Å². The number of ketones is 1. The zero-order valence-corrected chi connectivity index (χ0v) is 21.0. The third kappa shape index (κ3) is 4.91. The highest BCUT2D eigenvalue weighted by molar-refractivity contribution is 7.18. The number of alkyl halides is 2. The summed E-state index contributed by atoms with van der Waals surface area (Å²) >= 11 is 1.14. The fraction of sp³-hybridized carbons (Fsp3) is 0.320. The smallest absolute Gasteiger partial charge is 0.320 e. The quantitative estimate of drug-likeness (QED) is 0.334. The Hall–Kier alpha value is -4.07. The molecule has 3 aromatic heterocycles. The zero-order chi connectivity index (χ0) is 27.3. The molecule has 202 valence electrons. The maximum Gasteiger partial charge on any atom is 0.320 e. The molecule has 2 unspecified atom stereocenters. The van der Waals surface area contributed by atoms with Gasteiger partial charge in [0.1, 0.15) is 28.8 Å². The molecule has 9 nitrogen and oxygen atoms in total. The maximum atomic E-state index is 14.6. The molecule has 4 aromatic rings. The van der Waals surface area contributed by atoms with E-state index >= 15 is 0 Å². The molecule has 6 rings (SSSR count). The largest absolute Gasteiger partial charge is 0.341 e. The lowest BCUT2D eigenvalue weighted by molar-refractivity contribution is -0.116. The second-order valence-corrected chi connectivity index (χ2v) is 10.6. The van der Waals surface area contributed by atoms with Crippen LogP contribution in [0.25, 0.3) is 16.2 Å². The number of aromatic nitrogens is 4. The summed E-state index contributed by atoms with van der Waals surface area (Å²) in [6, 6.07) is 2.96. The van der Waals surface area contributed by atoms with Crippen molar-refractivity contribution in [2.75, 3.05) is 16.8 Å². The van der Waals surface area contributed by atoms with Gasteiger partial charge >= 0.3 is 6.03 Å². The highest BCUT2D eigenvalue weighted by atomic mass is 32.1. The molecule has 2 N–H and O–H groups in total. The summed E-state index contributed by atoms with van der Waals surface area (Å²) in [5.41, 5.74) is 0.527. The Bertz CT molecular complexity index is 1590. The fourth-order valence-electron chi connectivity index (χ4n) is 5.12. The minimum absolute atomic E-state index is 0.00858. The van der Waals surface area contributed by atoms with Crippen molar-refractivity contribution in [1.82, 2.24) is 24.8 Å². The number of fused-ring (bicyclic) bond motifs is 1. The van der Waals surface area contributed by atoms with E-state index in [1.807, 2.05) is 0 Å². The van der Waals surface area contributed by atoms with Crippen LogP contribution in [0.5, 0.6) is 0 Å². The van der Waals surface area contributed by atoms with Gasteiger partial charge in [-0.25, -0.2) is 37.3 Å². The number of halogens is 4. The van der Waals surface area contributed by atoms with Crippen LogP contribution in [0.4, 0.5) is 33.2 Å². The number of nitrogens with zero attached hydrogens (tertiary/aromatic N) is 5. The van der Waals surface area contributed by atoms with E-state index in [1.165, 1.54) is 12.5 Å². The molecule has 14 heteroatoms. The number of amides is 2. The number of rotatable bonds is 5. The van der Waals surface area contributed by atoms with E-state index in [0.29, 0.717) is 27.0 Å². The highest BCUT2D eigenvalue weighted by Gasteiger charge is 2.40. The van der Waals surface area contributed by atoms with Gasteiger partial charge in [0.05, 0.1) is 24.2 Å². The molecule has 0 bridgehead atoms. The summed E-state index contributed by atoms with van der Waals surface area (Å²) in [4.78, 5) is 39.4. The minimum Gasteiger partial charge on any atom is -0.341 e. The number of carbonyl (C=O) groups excluding carboxylic acids is 2. The van der Waals surface area contributed by atoms with Crippen LogP contribution in [0.3, 0.4) is 0 Å². The molecule has 2 atom stereocenters. The first kappa shape index (κ1) is 25.2. The number of hydrogen-bond donors (Lipinski definition) is 2. The lowest BCUT2D eigenvalue weighted by atomic mass is 10.0. The number of nitrogens with one attached hydrogen (secondary N) is 2. The van der Waals surface area contributed by atoms with Crippen LogP contribution in [-0.2, 0) is 4.79 Å². The van der Waals surface area contributed by atoms with Gasteiger partial charge in [-0.1, -0.05) is 11.3 Å². The molecule has 2 fully saturated rings. The molecule has 1 aliphatic carbocycles. The van der Waals surface area contributed by atoms with Gasteiger partial charge in [-0.3, -0.25) is 14.7 Å². The van der Waals surface area contributed by atoms with Gasteiger partial charge in [-0.05, 0) is 30.7 Å². The van der Waals surface area contributed by atoms with Gasteiger partial charge in [0.2, 0.25) is 5.92 Å². The highest BCUT2D eigenvalue weighted by Crippen LogP contribution is 2.39. The summed E-state index contributed by atoms with van der Waals surface area (Å²) in [5.74, 6) is -3.73. The van der Waals surface area contributed by atoms with Crippen molar-refractivity contribution in [2.45, 2.75) is 43.7 Å². The van der Waals surface area contributed by atoms with Crippen LogP contribution in [0.15, 0.2) is 43.0 Å². The van der Waals surface area contributed by atoms with Crippen molar-refractivity contribution in [1.29, 1.82) is 0 Å². The molecule has 2 amide bonds. The summed E-state index contributed by atoms with van der Waals surface area (Å²) in [5, 5.41) is 6.61. The molecular formula is C25H21F4N7O2S. The lowest BCUT2D eigenvalue weighted by Gasteiger charge is -2.26. The van der Waals surface area contributed by atoms with Crippen LogP contribution >= 0.6 is 11.3 Å². The average molecular weight is 560 g/mol. The second kappa shape index (κ2) is 9.59. The van der Waals surface area contributed by atoms with Gasteiger partial charge in [-0.2, -0.15) is 0 Å². The topological polar surface area (TPSA) is 105 Å². The SMILES string of the molecule is O=C1CC(c2cc(F)ccc2F)N(c2ncnc3c2ccn3-c2ncc(NC(=O)NC3CCC(F)(F)C3)s2)C1. The molecule has 0 spiro atoms. The number of benzene rings is 1. The Morgan fingerprint density at radius 1 is 1.15 bits per heavy atom. The Kier molecular flexibility index (Phi) is 6.20. The van der Waals surface area contributed by atoms with Crippen LogP contribution in [0.2, 0.25) is 0 Å². The Morgan fingerprint density at radius 3 is 2.79 bits per heavy atom.